The van der Waals surface area contributed by atoms with Gasteiger partial charge in [0.05, 0.1) is 19.0 Å². The molecule has 0 atom stereocenters. The van der Waals surface area contributed by atoms with Crippen LogP contribution in [0.5, 0.6) is 5.75 Å². The fourth-order valence-corrected chi connectivity index (χ4v) is 2.09. The van der Waals surface area contributed by atoms with Crippen molar-refractivity contribution in [2.75, 3.05) is 38.9 Å². The summed E-state index contributed by atoms with van der Waals surface area (Å²) in [5.74, 6) is 1.29. The molecule has 0 bridgehead atoms. The molecule has 0 unspecified atom stereocenters. The van der Waals surface area contributed by atoms with Gasteiger partial charge in [-0.15, -0.1) is 0 Å². The Morgan fingerprint density at radius 2 is 2.09 bits per heavy atom. The van der Waals surface area contributed by atoms with Gasteiger partial charge in [0.25, 0.3) is 5.91 Å². The molecule has 0 spiro atoms. The number of hydrogen-bond acceptors (Lipinski definition) is 6. The Kier molecular flexibility index (Phi) is 5.23. The quantitative estimate of drug-likeness (QED) is 0.874. The van der Waals surface area contributed by atoms with E-state index < -0.39 is 0 Å². The maximum atomic E-state index is 12.0. The van der Waals surface area contributed by atoms with E-state index >= 15 is 0 Å². The van der Waals surface area contributed by atoms with Crippen LogP contribution in [0.1, 0.15) is 10.4 Å². The smallest absolute Gasteiger partial charge is 0.253 e. The molecule has 0 fully saturated rings. The molecule has 0 aliphatic carbocycles. The van der Waals surface area contributed by atoms with E-state index in [1.807, 2.05) is 0 Å². The number of ether oxygens (including phenoxy) is 1. The van der Waals surface area contributed by atoms with Crippen LogP contribution in [0.2, 0.25) is 5.02 Å². The number of amides is 1. The Morgan fingerprint density at radius 3 is 2.70 bits per heavy atom. The summed E-state index contributed by atoms with van der Waals surface area (Å²) in [7, 11) is 6.65. The zero-order chi connectivity index (χ0) is 17.0. The highest BCUT2D eigenvalue weighted by Gasteiger charge is 2.13. The van der Waals surface area contributed by atoms with Crippen molar-refractivity contribution < 1.29 is 9.53 Å². The van der Waals surface area contributed by atoms with Gasteiger partial charge in [0.15, 0.2) is 0 Å². The van der Waals surface area contributed by atoms with Crippen LogP contribution in [0.3, 0.4) is 0 Å². The van der Waals surface area contributed by atoms with Crippen molar-refractivity contribution >= 4 is 35.0 Å². The second-order valence-corrected chi connectivity index (χ2v) is 5.29. The van der Waals surface area contributed by atoms with Crippen molar-refractivity contribution in [1.82, 2.24) is 14.9 Å². The number of benzene rings is 1. The van der Waals surface area contributed by atoms with Gasteiger partial charge < -0.3 is 20.3 Å². The summed E-state index contributed by atoms with van der Waals surface area (Å²) in [5, 5.41) is 6.36. The first-order chi connectivity index (χ1) is 11.0. The van der Waals surface area contributed by atoms with Gasteiger partial charge >= 0.3 is 0 Å². The van der Waals surface area contributed by atoms with E-state index in [1.165, 1.54) is 18.2 Å². The van der Waals surface area contributed by atoms with Gasteiger partial charge in [0, 0.05) is 26.7 Å². The number of anilines is 3. The fourth-order valence-electron chi connectivity index (χ4n) is 1.91. The van der Waals surface area contributed by atoms with Crippen molar-refractivity contribution in [1.29, 1.82) is 0 Å². The molecule has 7 nitrogen and oxygen atoms in total. The first-order valence-electron chi connectivity index (χ1n) is 6.83. The van der Waals surface area contributed by atoms with Gasteiger partial charge in [0.2, 0.25) is 5.95 Å². The summed E-state index contributed by atoms with van der Waals surface area (Å²) in [5.41, 5.74) is 1.18. The molecule has 2 N–H and O–H groups in total. The summed E-state index contributed by atoms with van der Waals surface area (Å²) in [6.07, 6.45) is 1.50. The third-order valence-corrected chi connectivity index (χ3v) is 3.36. The molecule has 1 heterocycles. The van der Waals surface area contributed by atoms with Gasteiger partial charge in [-0.2, -0.15) is 4.98 Å². The monoisotopic (exact) mass is 335 g/mol. The molecule has 0 aliphatic rings. The van der Waals surface area contributed by atoms with Crippen molar-refractivity contribution in [3.05, 3.63) is 35.0 Å². The highest BCUT2D eigenvalue weighted by atomic mass is 35.5. The number of halogens is 1. The zero-order valence-corrected chi connectivity index (χ0v) is 14.1. The third kappa shape index (κ3) is 3.81. The highest BCUT2D eigenvalue weighted by molar-refractivity contribution is 6.32. The lowest BCUT2D eigenvalue weighted by Gasteiger charge is -2.14. The van der Waals surface area contributed by atoms with Crippen molar-refractivity contribution in [2.24, 2.45) is 0 Å². The predicted octanol–water partition coefficient (Wildman–Crippen LogP) is 2.63. The van der Waals surface area contributed by atoms with Gasteiger partial charge in [0.1, 0.15) is 16.6 Å². The van der Waals surface area contributed by atoms with Crippen LogP contribution >= 0.6 is 11.6 Å². The summed E-state index contributed by atoms with van der Waals surface area (Å²) in [6.45, 7) is 0. The van der Waals surface area contributed by atoms with Crippen LogP contribution in [-0.4, -0.2) is 49.0 Å². The molecular weight excluding hydrogens is 318 g/mol. The summed E-state index contributed by atoms with van der Waals surface area (Å²) in [6, 6.07) is 5.12. The van der Waals surface area contributed by atoms with Gasteiger partial charge in [-0.25, -0.2) is 4.98 Å². The molecule has 0 radical (unpaired) electrons. The number of aromatic nitrogens is 2. The highest BCUT2D eigenvalue weighted by Crippen LogP contribution is 2.29. The summed E-state index contributed by atoms with van der Waals surface area (Å²) < 4.78 is 5.34. The molecular formula is C15H18ClN5O2. The zero-order valence-electron chi connectivity index (χ0n) is 13.3. The second-order valence-electron chi connectivity index (χ2n) is 4.88. The Hall–Kier alpha value is -2.54. The van der Waals surface area contributed by atoms with Crippen molar-refractivity contribution in [3.8, 4) is 5.75 Å². The number of carbonyl (C=O) groups is 1. The van der Waals surface area contributed by atoms with E-state index in [9.17, 15) is 4.79 Å². The maximum absolute atomic E-state index is 12.0. The van der Waals surface area contributed by atoms with E-state index in [4.69, 9.17) is 16.3 Å². The standard InChI is InChI=1S/C15H18ClN5O2/c1-17-13-10(16)8-18-15(20-13)19-11-6-5-9(7-12(11)23-4)14(22)21(2)3/h5-8H,1-4H3,(H2,17,18,19,20). The Labute approximate surface area is 139 Å². The van der Waals surface area contributed by atoms with E-state index in [0.29, 0.717) is 33.8 Å². The molecule has 1 aromatic carbocycles. The Balaban J connectivity index is 2.31. The molecule has 0 aliphatic heterocycles. The minimum atomic E-state index is -0.102. The van der Waals surface area contributed by atoms with E-state index in [2.05, 4.69) is 20.6 Å². The lowest BCUT2D eigenvalue weighted by molar-refractivity contribution is 0.0827. The molecule has 2 rings (SSSR count). The predicted molar refractivity (Wildman–Crippen MR) is 90.9 cm³/mol. The molecule has 122 valence electrons. The number of carbonyl (C=O) groups excluding carboxylic acids is 1. The van der Waals surface area contributed by atoms with E-state index in [-0.39, 0.29) is 5.91 Å². The number of methoxy groups -OCH3 is 1. The molecule has 1 aromatic heterocycles. The second kappa shape index (κ2) is 7.15. The maximum Gasteiger partial charge on any atom is 0.253 e. The Bertz CT molecular complexity index is 721. The number of nitrogens with one attached hydrogen (secondary N) is 2. The first-order valence-corrected chi connectivity index (χ1v) is 7.21. The van der Waals surface area contributed by atoms with E-state index in [0.717, 1.165) is 0 Å². The first kappa shape index (κ1) is 16.8. The lowest BCUT2D eigenvalue weighted by atomic mass is 10.1. The molecule has 0 saturated carbocycles. The largest absolute Gasteiger partial charge is 0.495 e. The average molecular weight is 336 g/mol. The summed E-state index contributed by atoms with van der Waals surface area (Å²) in [4.78, 5) is 21.9. The minimum absolute atomic E-state index is 0.102. The van der Waals surface area contributed by atoms with Gasteiger partial charge in [-0.1, -0.05) is 11.6 Å². The third-order valence-electron chi connectivity index (χ3n) is 3.08. The lowest BCUT2D eigenvalue weighted by Crippen LogP contribution is -2.21. The topological polar surface area (TPSA) is 79.4 Å². The van der Waals surface area contributed by atoms with Crippen LogP contribution in [0.15, 0.2) is 24.4 Å². The van der Waals surface area contributed by atoms with Gasteiger partial charge in [-0.3, -0.25) is 4.79 Å². The SMILES string of the molecule is CNc1nc(Nc2ccc(C(=O)N(C)C)cc2OC)ncc1Cl. The minimum Gasteiger partial charge on any atom is -0.495 e. The number of hydrogen-bond donors (Lipinski definition) is 2. The van der Waals surface area contributed by atoms with Crippen LogP contribution in [-0.2, 0) is 0 Å². The van der Waals surface area contributed by atoms with Crippen LogP contribution < -0.4 is 15.4 Å². The molecule has 2 aromatic rings. The normalized spacial score (nSPS) is 10.1. The number of nitrogens with zero attached hydrogens (tertiary/aromatic N) is 3. The van der Waals surface area contributed by atoms with Crippen molar-refractivity contribution in [3.63, 3.8) is 0 Å². The number of rotatable bonds is 5. The van der Waals surface area contributed by atoms with Crippen LogP contribution in [0.4, 0.5) is 17.5 Å². The average Bonchev–Trinajstić information content (AvgIpc) is 2.56. The van der Waals surface area contributed by atoms with Crippen LogP contribution in [0, 0.1) is 0 Å². The Morgan fingerprint density at radius 1 is 1.35 bits per heavy atom. The molecule has 23 heavy (non-hydrogen) atoms. The fraction of sp³-hybridized carbons (Fsp3) is 0.267. The van der Waals surface area contributed by atoms with Crippen molar-refractivity contribution in [2.45, 2.75) is 0 Å². The van der Waals surface area contributed by atoms with E-state index in [1.54, 1.807) is 39.3 Å². The molecule has 0 saturated heterocycles. The summed E-state index contributed by atoms with van der Waals surface area (Å²) >= 11 is 5.96. The molecule has 8 heteroatoms. The van der Waals surface area contributed by atoms with Crippen LogP contribution in [0.25, 0.3) is 0 Å². The van der Waals surface area contributed by atoms with Gasteiger partial charge in [-0.05, 0) is 18.2 Å². The molecule has 1 amide bonds.